The van der Waals surface area contributed by atoms with Crippen molar-refractivity contribution in [3.63, 3.8) is 0 Å². The summed E-state index contributed by atoms with van der Waals surface area (Å²) in [7, 11) is 0. The molecule has 0 radical (unpaired) electrons. The lowest BCUT2D eigenvalue weighted by Gasteiger charge is -2.34. The number of fused-ring (bicyclic) bond motifs is 1. The Labute approximate surface area is 199 Å². The first-order valence-corrected chi connectivity index (χ1v) is 11.4. The summed E-state index contributed by atoms with van der Waals surface area (Å²) in [5.41, 5.74) is -2.05. The molecule has 4 rings (SSSR count). The summed E-state index contributed by atoms with van der Waals surface area (Å²) in [4.78, 5) is 25.4. The van der Waals surface area contributed by atoms with Crippen LogP contribution in [0, 0.1) is 17.7 Å². The second kappa shape index (κ2) is 9.71. The van der Waals surface area contributed by atoms with E-state index in [1.807, 2.05) is 0 Å². The van der Waals surface area contributed by atoms with Crippen LogP contribution in [0.1, 0.15) is 38.9 Å². The lowest BCUT2D eigenvalue weighted by atomic mass is 9.78. The number of rotatable bonds is 5. The third kappa shape index (κ3) is 5.33. The van der Waals surface area contributed by atoms with Crippen LogP contribution in [-0.2, 0) is 11.0 Å². The number of amides is 1. The van der Waals surface area contributed by atoms with Crippen LogP contribution < -0.4 is 15.5 Å². The van der Waals surface area contributed by atoms with Gasteiger partial charge in [0.25, 0.3) is 5.91 Å². The predicted octanol–water partition coefficient (Wildman–Crippen LogP) is 5.94. The average Bonchev–Trinajstić information content (AvgIpc) is 2.80. The molecule has 35 heavy (non-hydrogen) atoms. The zero-order chi connectivity index (χ0) is 25.3. The van der Waals surface area contributed by atoms with Crippen molar-refractivity contribution in [1.29, 1.82) is 0 Å². The fourth-order valence-electron chi connectivity index (χ4n) is 4.52. The van der Waals surface area contributed by atoms with Crippen LogP contribution >= 0.6 is 0 Å². The minimum absolute atomic E-state index is 0.0451. The van der Waals surface area contributed by atoms with Gasteiger partial charge in [0.1, 0.15) is 17.1 Å². The third-order valence-corrected chi connectivity index (χ3v) is 6.68. The van der Waals surface area contributed by atoms with Gasteiger partial charge in [0.2, 0.25) is 11.2 Å². The second-order valence-corrected chi connectivity index (χ2v) is 9.03. The lowest BCUT2D eigenvalue weighted by molar-refractivity contribution is -0.152. The first-order valence-electron chi connectivity index (χ1n) is 11.4. The Bertz CT molecular complexity index is 1280. The fraction of sp³-hybridized carbons (Fsp3) is 0.385. The smallest absolute Gasteiger partial charge is 0.450 e. The van der Waals surface area contributed by atoms with Crippen LogP contribution in [-0.4, -0.2) is 18.6 Å². The van der Waals surface area contributed by atoms with Gasteiger partial charge in [-0.2, -0.15) is 13.2 Å². The van der Waals surface area contributed by atoms with E-state index in [2.05, 4.69) is 19.2 Å². The van der Waals surface area contributed by atoms with E-state index >= 15 is 0 Å². The van der Waals surface area contributed by atoms with E-state index in [1.54, 1.807) is 0 Å². The van der Waals surface area contributed by atoms with Gasteiger partial charge >= 0.3 is 6.18 Å². The van der Waals surface area contributed by atoms with Crippen LogP contribution in [0.5, 0.6) is 5.75 Å². The van der Waals surface area contributed by atoms with Crippen molar-refractivity contribution in [2.24, 2.45) is 11.8 Å². The van der Waals surface area contributed by atoms with Gasteiger partial charge in [-0.1, -0.05) is 38.8 Å². The van der Waals surface area contributed by atoms with Gasteiger partial charge in [0.05, 0.1) is 10.9 Å². The molecule has 1 aliphatic carbocycles. The zero-order valence-corrected chi connectivity index (χ0v) is 19.2. The van der Waals surface area contributed by atoms with Crippen molar-refractivity contribution < 1.29 is 31.5 Å². The molecule has 0 aliphatic heterocycles. The molecule has 0 bridgehead atoms. The van der Waals surface area contributed by atoms with Crippen molar-refractivity contribution in [3.05, 3.63) is 64.3 Å². The highest BCUT2D eigenvalue weighted by atomic mass is 19.4. The van der Waals surface area contributed by atoms with Crippen LogP contribution in [0.15, 0.2) is 51.7 Å². The fourth-order valence-corrected chi connectivity index (χ4v) is 4.52. The molecule has 9 heteroatoms. The van der Waals surface area contributed by atoms with Crippen LogP contribution in [0.25, 0.3) is 22.1 Å². The van der Waals surface area contributed by atoms with E-state index in [0.29, 0.717) is 11.8 Å². The Morgan fingerprint density at radius 1 is 1.11 bits per heavy atom. The molecule has 1 saturated carbocycles. The summed E-state index contributed by atoms with van der Waals surface area (Å²) < 4.78 is 65.2. The van der Waals surface area contributed by atoms with Gasteiger partial charge < -0.3 is 14.5 Å². The maximum atomic E-state index is 13.8. The number of carbonyl (C=O) groups excluding carboxylic acids is 1. The van der Waals surface area contributed by atoms with Crippen LogP contribution in [0.4, 0.5) is 17.6 Å². The minimum Gasteiger partial charge on any atom is -0.484 e. The Hall–Kier alpha value is -3.36. The number of benzene rings is 2. The third-order valence-electron chi connectivity index (χ3n) is 6.68. The minimum atomic E-state index is -4.97. The summed E-state index contributed by atoms with van der Waals surface area (Å²) in [5, 5.41) is 2.86. The number of carbonyl (C=O) groups is 1. The molecule has 0 unspecified atom stereocenters. The van der Waals surface area contributed by atoms with Crippen molar-refractivity contribution >= 4 is 16.9 Å². The molecule has 1 aromatic heterocycles. The van der Waals surface area contributed by atoms with E-state index in [-0.39, 0.29) is 40.8 Å². The highest BCUT2D eigenvalue weighted by Crippen LogP contribution is 2.38. The molecular formula is C26H25F4NO4. The van der Waals surface area contributed by atoms with Crippen molar-refractivity contribution in [2.75, 3.05) is 6.61 Å². The van der Waals surface area contributed by atoms with E-state index in [0.717, 1.165) is 49.6 Å². The van der Waals surface area contributed by atoms with Crippen LogP contribution in [0.3, 0.4) is 0 Å². The molecule has 1 aliphatic rings. The monoisotopic (exact) mass is 491 g/mol. The highest BCUT2D eigenvalue weighted by Gasteiger charge is 2.39. The van der Waals surface area contributed by atoms with Crippen molar-refractivity contribution in [2.45, 2.75) is 45.3 Å². The zero-order valence-electron chi connectivity index (χ0n) is 19.2. The Morgan fingerprint density at radius 3 is 2.51 bits per heavy atom. The second-order valence-electron chi connectivity index (χ2n) is 9.03. The topological polar surface area (TPSA) is 68.5 Å². The van der Waals surface area contributed by atoms with Gasteiger partial charge in [-0.05, 0) is 48.1 Å². The van der Waals surface area contributed by atoms with Gasteiger partial charge in [0, 0.05) is 12.1 Å². The number of hydrogen-bond acceptors (Lipinski definition) is 4. The number of halogens is 4. The maximum absolute atomic E-state index is 13.8. The Balaban J connectivity index is 1.59. The Kier molecular flexibility index (Phi) is 6.87. The molecule has 186 valence electrons. The maximum Gasteiger partial charge on any atom is 0.450 e. The molecular weight excluding hydrogens is 466 g/mol. The van der Waals surface area contributed by atoms with E-state index in [1.165, 1.54) is 12.1 Å². The number of ether oxygens (including phenoxy) is 1. The van der Waals surface area contributed by atoms with Crippen molar-refractivity contribution in [3.8, 4) is 16.9 Å². The molecule has 0 saturated heterocycles. The highest BCUT2D eigenvalue weighted by molar-refractivity contribution is 5.84. The van der Waals surface area contributed by atoms with E-state index in [4.69, 9.17) is 9.15 Å². The van der Waals surface area contributed by atoms with Gasteiger partial charge in [-0.15, -0.1) is 0 Å². The molecule has 3 atom stereocenters. The SMILES string of the molecule is C[C@H]1[C@H](C)CCC[C@H]1NC(=O)COc1ccc2c(=O)c(-c3ccc(F)cc3)c(C(F)(F)F)oc2c1. The predicted molar refractivity (Wildman–Crippen MR) is 122 cm³/mol. The largest absolute Gasteiger partial charge is 0.484 e. The van der Waals surface area contributed by atoms with E-state index in [9.17, 15) is 27.2 Å². The van der Waals surface area contributed by atoms with Gasteiger partial charge in [-0.3, -0.25) is 9.59 Å². The molecule has 1 heterocycles. The molecule has 3 aromatic rings. The average molecular weight is 491 g/mol. The normalized spacial score (nSPS) is 20.6. The summed E-state index contributed by atoms with van der Waals surface area (Å²) in [6, 6.07) is 7.99. The standard InChI is InChI=1S/C26H25F4NO4/c1-14-4-3-5-20(15(14)2)31-22(32)13-34-18-10-11-19-21(12-18)35-25(26(28,29)30)23(24(19)33)16-6-8-17(27)9-7-16/h6-12,14-15,20H,3-5,13H2,1-2H3,(H,31,32)/t14-,15+,20-/m1/s1. The number of alkyl halides is 3. The molecule has 2 aromatic carbocycles. The summed E-state index contributed by atoms with van der Waals surface area (Å²) in [6.07, 6.45) is -1.94. The lowest BCUT2D eigenvalue weighted by Crippen LogP contribution is -2.45. The number of nitrogens with one attached hydrogen (secondary N) is 1. The molecule has 1 N–H and O–H groups in total. The van der Waals surface area contributed by atoms with Crippen molar-refractivity contribution in [1.82, 2.24) is 5.32 Å². The number of hydrogen-bond donors (Lipinski definition) is 1. The molecule has 1 amide bonds. The summed E-state index contributed by atoms with van der Waals surface area (Å²) >= 11 is 0. The first kappa shape index (κ1) is 24.8. The molecule has 1 fully saturated rings. The molecule has 5 nitrogen and oxygen atoms in total. The Morgan fingerprint density at radius 2 is 1.83 bits per heavy atom. The first-order chi connectivity index (χ1) is 16.5. The quantitative estimate of drug-likeness (QED) is 0.449. The molecule has 0 spiro atoms. The summed E-state index contributed by atoms with van der Waals surface area (Å²) in [6.45, 7) is 3.92. The van der Waals surface area contributed by atoms with E-state index < -0.39 is 28.7 Å². The van der Waals surface area contributed by atoms with Gasteiger partial charge in [-0.25, -0.2) is 4.39 Å². The summed E-state index contributed by atoms with van der Waals surface area (Å²) in [5.74, 6) is -1.55. The van der Waals surface area contributed by atoms with Crippen LogP contribution in [0.2, 0.25) is 0 Å². The van der Waals surface area contributed by atoms with Gasteiger partial charge in [0.15, 0.2) is 6.61 Å².